The highest BCUT2D eigenvalue weighted by atomic mass is 127. The maximum atomic E-state index is 12.4. The minimum atomic E-state index is -0.602. The van der Waals surface area contributed by atoms with Gasteiger partial charge in [0.1, 0.15) is 0 Å². The minimum Gasteiger partial charge on any atom is -0.493 e. The fourth-order valence-electron chi connectivity index (χ4n) is 2.39. The Hall–Kier alpha value is -2.62. The predicted molar refractivity (Wildman–Crippen MR) is 104 cm³/mol. The number of H-pyrrole nitrogens is 1. The second-order valence-electron chi connectivity index (χ2n) is 5.08. The molecule has 1 aromatic heterocycles. The summed E-state index contributed by atoms with van der Waals surface area (Å²) in [5.41, 5.74) is 0.0621. The molecule has 3 rings (SSSR count). The van der Waals surface area contributed by atoms with Crippen LogP contribution < -0.4 is 20.7 Å². The number of para-hydroxylation sites is 1. The van der Waals surface area contributed by atoms with E-state index in [4.69, 9.17) is 9.47 Å². The number of aromatic amines is 1. The number of methoxy groups -OCH3 is 2. The van der Waals surface area contributed by atoms with Gasteiger partial charge in [0, 0.05) is 0 Å². The topological polar surface area (TPSA) is 85.7 Å². The average molecular weight is 451 g/mol. The Labute approximate surface area is 156 Å². The molecule has 0 saturated heterocycles. The molecule has 0 bridgehead atoms. The zero-order valence-corrected chi connectivity index (χ0v) is 15.6. The number of aromatic nitrogens is 2. The lowest BCUT2D eigenvalue weighted by Crippen LogP contribution is -2.32. The van der Waals surface area contributed by atoms with Crippen molar-refractivity contribution in [2.24, 2.45) is 5.10 Å². The number of fused-ring (bicyclic) bond motifs is 1. The van der Waals surface area contributed by atoms with Gasteiger partial charge in [-0.05, 0) is 52.4 Å². The third kappa shape index (κ3) is 3.29. The second-order valence-corrected chi connectivity index (χ2v) is 6.24. The third-order valence-corrected chi connectivity index (χ3v) is 4.36. The zero-order valence-electron chi connectivity index (χ0n) is 13.4. The molecule has 0 radical (unpaired) electrons. The van der Waals surface area contributed by atoms with E-state index < -0.39 is 11.2 Å². The van der Waals surface area contributed by atoms with Gasteiger partial charge in [-0.3, -0.25) is 4.79 Å². The molecule has 0 fully saturated rings. The molecule has 0 saturated carbocycles. The SMILES string of the molecule is COc1cc(C=Nn2c(=O)[nH]c3ccccc3c2=O)cc(I)c1OC. The molecule has 25 heavy (non-hydrogen) atoms. The van der Waals surface area contributed by atoms with Crippen molar-refractivity contribution in [1.82, 2.24) is 9.66 Å². The number of benzene rings is 2. The quantitative estimate of drug-likeness (QED) is 0.487. The molecule has 0 aliphatic carbocycles. The Bertz CT molecular complexity index is 1090. The Balaban J connectivity index is 2.09. The number of rotatable bonds is 4. The van der Waals surface area contributed by atoms with Crippen LogP contribution in [-0.4, -0.2) is 30.1 Å². The van der Waals surface area contributed by atoms with Crippen LogP contribution in [0.15, 0.2) is 51.1 Å². The number of hydrogen-bond donors (Lipinski definition) is 1. The van der Waals surface area contributed by atoms with Crippen molar-refractivity contribution < 1.29 is 9.47 Å². The van der Waals surface area contributed by atoms with Crippen molar-refractivity contribution >= 4 is 39.7 Å². The fourth-order valence-corrected chi connectivity index (χ4v) is 3.24. The summed E-state index contributed by atoms with van der Waals surface area (Å²) in [7, 11) is 3.09. The van der Waals surface area contributed by atoms with Crippen molar-refractivity contribution in [1.29, 1.82) is 0 Å². The van der Waals surface area contributed by atoms with E-state index in [1.807, 2.05) is 6.07 Å². The fraction of sp³-hybridized carbons (Fsp3) is 0.118. The number of nitrogens with zero attached hydrogens (tertiary/aromatic N) is 2. The molecule has 0 aliphatic heterocycles. The molecule has 2 aromatic carbocycles. The molecule has 0 spiro atoms. The van der Waals surface area contributed by atoms with Crippen LogP contribution in [0.2, 0.25) is 0 Å². The van der Waals surface area contributed by atoms with Gasteiger partial charge < -0.3 is 14.5 Å². The van der Waals surface area contributed by atoms with Crippen molar-refractivity contribution in [3.63, 3.8) is 0 Å². The first-order valence-electron chi connectivity index (χ1n) is 7.25. The molecular weight excluding hydrogens is 437 g/mol. The van der Waals surface area contributed by atoms with E-state index >= 15 is 0 Å². The first kappa shape index (κ1) is 17.2. The summed E-state index contributed by atoms with van der Waals surface area (Å²) in [5, 5.41) is 4.42. The summed E-state index contributed by atoms with van der Waals surface area (Å²) in [6, 6.07) is 10.3. The molecular formula is C17H14IN3O4. The molecule has 0 unspecified atom stereocenters. The van der Waals surface area contributed by atoms with Gasteiger partial charge in [0.15, 0.2) is 11.5 Å². The Kier molecular flexibility index (Phi) is 4.88. The van der Waals surface area contributed by atoms with Gasteiger partial charge >= 0.3 is 5.69 Å². The van der Waals surface area contributed by atoms with E-state index in [0.717, 1.165) is 8.25 Å². The van der Waals surface area contributed by atoms with Crippen LogP contribution in [0.5, 0.6) is 11.5 Å². The Morgan fingerprint density at radius 3 is 2.64 bits per heavy atom. The van der Waals surface area contributed by atoms with Crippen LogP contribution in [0.25, 0.3) is 10.9 Å². The smallest absolute Gasteiger partial charge is 0.349 e. The summed E-state index contributed by atoms with van der Waals surface area (Å²) < 4.78 is 12.2. The molecule has 3 aromatic rings. The molecule has 0 amide bonds. The third-order valence-electron chi connectivity index (χ3n) is 3.56. The van der Waals surface area contributed by atoms with Gasteiger partial charge in [0.2, 0.25) is 0 Å². The van der Waals surface area contributed by atoms with Crippen LogP contribution in [0.4, 0.5) is 0 Å². The molecule has 1 heterocycles. The van der Waals surface area contributed by atoms with Crippen LogP contribution in [-0.2, 0) is 0 Å². The van der Waals surface area contributed by atoms with Gasteiger partial charge in [0.05, 0.1) is 34.9 Å². The van der Waals surface area contributed by atoms with E-state index in [1.54, 1.807) is 37.4 Å². The van der Waals surface area contributed by atoms with Crippen LogP contribution >= 0.6 is 22.6 Å². The highest BCUT2D eigenvalue weighted by Gasteiger charge is 2.10. The number of hydrogen-bond acceptors (Lipinski definition) is 5. The maximum Gasteiger partial charge on any atom is 0.349 e. The van der Waals surface area contributed by atoms with E-state index in [0.29, 0.717) is 28.0 Å². The predicted octanol–water partition coefficient (Wildman–Crippen LogP) is 2.19. The van der Waals surface area contributed by atoms with Gasteiger partial charge in [-0.2, -0.15) is 5.10 Å². The second kappa shape index (κ2) is 7.09. The van der Waals surface area contributed by atoms with E-state index in [2.05, 4.69) is 32.7 Å². The van der Waals surface area contributed by atoms with Crippen molar-refractivity contribution in [3.8, 4) is 11.5 Å². The van der Waals surface area contributed by atoms with Crippen molar-refractivity contribution in [2.45, 2.75) is 0 Å². The largest absolute Gasteiger partial charge is 0.493 e. The van der Waals surface area contributed by atoms with Gasteiger partial charge in [-0.15, -0.1) is 4.68 Å². The minimum absolute atomic E-state index is 0.390. The zero-order chi connectivity index (χ0) is 18.0. The number of halogens is 1. The summed E-state index contributed by atoms with van der Waals surface area (Å²) in [6.07, 6.45) is 1.43. The van der Waals surface area contributed by atoms with E-state index in [9.17, 15) is 9.59 Å². The molecule has 0 atom stereocenters. The van der Waals surface area contributed by atoms with Crippen LogP contribution in [0.3, 0.4) is 0 Å². The monoisotopic (exact) mass is 451 g/mol. The van der Waals surface area contributed by atoms with Gasteiger partial charge in [0.25, 0.3) is 5.56 Å². The normalized spacial score (nSPS) is 11.2. The highest BCUT2D eigenvalue weighted by Crippen LogP contribution is 2.32. The van der Waals surface area contributed by atoms with E-state index in [-0.39, 0.29) is 0 Å². The lowest BCUT2D eigenvalue weighted by atomic mass is 10.2. The van der Waals surface area contributed by atoms with E-state index in [1.165, 1.54) is 13.3 Å². The number of nitrogens with one attached hydrogen (secondary N) is 1. The van der Waals surface area contributed by atoms with Crippen molar-refractivity contribution in [3.05, 3.63) is 66.4 Å². The summed E-state index contributed by atoms with van der Waals surface area (Å²) in [6.45, 7) is 0. The summed E-state index contributed by atoms with van der Waals surface area (Å²) >= 11 is 2.11. The van der Waals surface area contributed by atoms with Crippen LogP contribution in [0.1, 0.15) is 5.56 Å². The summed E-state index contributed by atoms with van der Waals surface area (Å²) in [5.74, 6) is 1.15. The lowest BCUT2D eigenvalue weighted by molar-refractivity contribution is 0.353. The van der Waals surface area contributed by atoms with Crippen LogP contribution in [0, 0.1) is 3.57 Å². The van der Waals surface area contributed by atoms with Gasteiger partial charge in [-0.25, -0.2) is 4.79 Å². The Morgan fingerprint density at radius 1 is 1.16 bits per heavy atom. The molecule has 128 valence electrons. The van der Waals surface area contributed by atoms with Crippen molar-refractivity contribution in [2.75, 3.05) is 14.2 Å². The molecule has 7 nitrogen and oxygen atoms in total. The summed E-state index contributed by atoms with van der Waals surface area (Å²) in [4.78, 5) is 27.2. The first-order chi connectivity index (χ1) is 12.0. The Morgan fingerprint density at radius 2 is 1.92 bits per heavy atom. The number of ether oxygens (including phenoxy) is 2. The maximum absolute atomic E-state index is 12.4. The molecule has 0 aliphatic rings. The molecule has 8 heteroatoms. The first-order valence-corrected chi connectivity index (χ1v) is 8.33. The van der Waals surface area contributed by atoms with Gasteiger partial charge in [-0.1, -0.05) is 12.1 Å². The standard InChI is InChI=1S/C17H14IN3O4/c1-24-14-8-10(7-12(18)15(14)25-2)9-19-21-16(22)11-5-3-4-6-13(11)20-17(21)23/h3-9H,1-2H3,(H,20,23). The average Bonchev–Trinajstić information content (AvgIpc) is 2.61. The highest BCUT2D eigenvalue weighted by molar-refractivity contribution is 14.1. The lowest BCUT2D eigenvalue weighted by Gasteiger charge is -2.10. The molecule has 1 N–H and O–H groups in total.